The maximum atomic E-state index is 13.9. The molecule has 3 heteroatoms. The number of halogens is 1. The number of carbonyl (C=O) groups is 1. The number of benzene rings is 2. The molecule has 2 aromatic rings. The van der Waals surface area contributed by atoms with Crippen molar-refractivity contribution in [1.29, 1.82) is 0 Å². The second kappa shape index (κ2) is 5.00. The molecule has 0 atom stereocenters. The zero-order chi connectivity index (χ0) is 13.1. The fraction of sp³-hybridized carbons (Fsp3) is 0.133. The molecule has 2 rings (SSSR count). The normalized spacial score (nSPS) is 10.3. The van der Waals surface area contributed by atoms with Crippen LogP contribution in [-0.2, 0) is 6.42 Å². The molecule has 2 aromatic carbocycles. The van der Waals surface area contributed by atoms with Crippen LogP contribution < -0.4 is 0 Å². The van der Waals surface area contributed by atoms with E-state index in [1.54, 1.807) is 0 Å². The van der Waals surface area contributed by atoms with E-state index in [1.807, 2.05) is 31.2 Å². The third kappa shape index (κ3) is 2.25. The lowest BCUT2D eigenvalue weighted by Gasteiger charge is -2.09. The minimum Gasteiger partial charge on any atom is -0.478 e. The van der Waals surface area contributed by atoms with Gasteiger partial charge in [-0.15, -0.1) is 0 Å². The summed E-state index contributed by atoms with van der Waals surface area (Å²) in [6.07, 6.45) is 0.802. The van der Waals surface area contributed by atoms with Gasteiger partial charge in [-0.25, -0.2) is 9.18 Å². The fourth-order valence-corrected chi connectivity index (χ4v) is 1.96. The van der Waals surface area contributed by atoms with Gasteiger partial charge in [-0.2, -0.15) is 0 Å². The summed E-state index contributed by atoms with van der Waals surface area (Å²) in [7, 11) is 0. The summed E-state index contributed by atoms with van der Waals surface area (Å²) in [4.78, 5) is 10.8. The Morgan fingerprint density at radius 2 is 1.89 bits per heavy atom. The minimum absolute atomic E-state index is 0.0368. The second-order valence-electron chi connectivity index (χ2n) is 4.01. The van der Waals surface area contributed by atoms with Crippen molar-refractivity contribution >= 4 is 5.97 Å². The van der Waals surface area contributed by atoms with Gasteiger partial charge in [-0.05, 0) is 29.7 Å². The Bertz CT molecular complexity index is 591. The molecule has 0 aliphatic heterocycles. The largest absolute Gasteiger partial charge is 0.478 e. The lowest BCUT2D eigenvalue weighted by atomic mass is 9.97. The molecule has 1 N–H and O–H groups in total. The first-order valence-electron chi connectivity index (χ1n) is 5.74. The average Bonchev–Trinajstić information content (AvgIpc) is 2.38. The van der Waals surface area contributed by atoms with E-state index in [-0.39, 0.29) is 5.56 Å². The van der Waals surface area contributed by atoms with Gasteiger partial charge >= 0.3 is 5.97 Å². The smallest absolute Gasteiger partial charge is 0.335 e. The predicted molar refractivity (Wildman–Crippen MR) is 68.2 cm³/mol. The van der Waals surface area contributed by atoms with E-state index in [0.717, 1.165) is 23.6 Å². The standard InChI is InChI=1S/C15H13FO2/c1-2-10-5-3-4-6-12(10)13-8-7-11(15(17)18)9-14(13)16/h3-9H,2H2,1H3,(H,17,18). The lowest BCUT2D eigenvalue weighted by molar-refractivity contribution is 0.0696. The molecule has 0 heterocycles. The van der Waals surface area contributed by atoms with E-state index < -0.39 is 11.8 Å². The maximum Gasteiger partial charge on any atom is 0.335 e. The molecule has 0 aromatic heterocycles. The van der Waals surface area contributed by atoms with Crippen LogP contribution >= 0.6 is 0 Å². The average molecular weight is 244 g/mol. The predicted octanol–water partition coefficient (Wildman–Crippen LogP) is 3.75. The van der Waals surface area contributed by atoms with Crippen LogP contribution in [0, 0.1) is 5.82 Å². The van der Waals surface area contributed by atoms with Crippen molar-refractivity contribution in [1.82, 2.24) is 0 Å². The fourth-order valence-electron chi connectivity index (χ4n) is 1.96. The zero-order valence-electron chi connectivity index (χ0n) is 9.98. The van der Waals surface area contributed by atoms with Crippen LogP contribution in [0.2, 0.25) is 0 Å². The van der Waals surface area contributed by atoms with Crippen molar-refractivity contribution in [2.45, 2.75) is 13.3 Å². The Morgan fingerprint density at radius 1 is 1.17 bits per heavy atom. The van der Waals surface area contributed by atoms with E-state index in [2.05, 4.69) is 0 Å². The first kappa shape index (κ1) is 12.3. The molecule has 0 amide bonds. The summed E-state index contributed by atoms with van der Waals surface area (Å²) < 4.78 is 13.9. The van der Waals surface area contributed by atoms with Crippen LogP contribution in [0.3, 0.4) is 0 Å². The van der Waals surface area contributed by atoms with Crippen molar-refractivity contribution in [3.8, 4) is 11.1 Å². The van der Waals surface area contributed by atoms with Crippen molar-refractivity contribution < 1.29 is 14.3 Å². The first-order valence-corrected chi connectivity index (χ1v) is 5.74. The number of hydrogen-bond acceptors (Lipinski definition) is 1. The Morgan fingerprint density at radius 3 is 2.50 bits per heavy atom. The van der Waals surface area contributed by atoms with Gasteiger partial charge in [0.05, 0.1) is 5.56 Å². The molecule has 0 aliphatic rings. The number of hydrogen-bond donors (Lipinski definition) is 1. The quantitative estimate of drug-likeness (QED) is 0.892. The minimum atomic E-state index is -1.12. The van der Waals surface area contributed by atoms with Gasteiger partial charge in [-0.1, -0.05) is 37.3 Å². The summed E-state index contributed by atoms with van der Waals surface area (Å²) in [5.74, 6) is -1.62. The molecular formula is C15H13FO2. The molecule has 0 bridgehead atoms. The van der Waals surface area contributed by atoms with Crippen LogP contribution in [0.25, 0.3) is 11.1 Å². The molecular weight excluding hydrogens is 231 g/mol. The van der Waals surface area contributed by atoms with Crippen LogP contribution in [0.4, 0.5) is 4.39 Å². The lowest BCUT2D eigenvalue weighted by Crippen LogP contribution is -1.98. The summed E-state index contributed by atoms with van der Waals surface area (Å²) in [6, 6.07) is 11.5. The number of aryl methyl sites for hydroxylation is 1. The zero-order valence-corrected chi connectivity index (χ0v) is 9.98. The van der Waals surface area contributed by atoms with Gasteiger partial charge in [-0.3, -0.25) is 0 Å². The molecule has 0 saturated heterocycles. The Hall–Kier alpha value is -2.16. The molecule has 0 saturated carbocycles. The molecule has 2 nitrogen and oxygen atoms in total. The van der Waals surface area contributed by atoms with E-state index in [1.165, 1.54) is 12.1 Å². The van der Waals surface area contributed by atoms with E-state index >= 15 is 0 Å². The Balaban J connectivity index is 2.54. The molecule has 18 heavy (non-hydrogen) atoms. The Kier molecular flexibility index (Phi) is 3.42. The highest BCUT2D eigenvalue weighted by atomic mass is 19.1. The van der Waals surface area contributed by atoms with Crippen LogP contribution in [0.5, 0.6) is 0 Å². The van der Waals surface area contributed by atoms with Gasteiger partial charge in [0.15, 0.2) is 0 Å². The number of aromatic carboxylic acids is 1. The molecule has 0 unspecified atom stereocenters. The third-order valence-corrected chi connectivity index (χ3v) is 2.90. The molecule has 0 aliphatic carbocycles. The number of carboxylic acid groups (broad SMARTS) is 1. The third-order valence-electron chi connectivity index (χ3n) is 2.90. The first-order chi connectivity index (χ1) is 8.63. The molecule has 0 radical (unpaired) electrons. The topological polar surface area (TPSA) is 37.3 Å². The van der Waals surface area contributed by atoms with Crippen molar-refractivity contribution in [3.63, 3.8) is 0 Å². The van der Waals surface area contributed by atoms with Crippen LogP contribution in [0.15, 0.2) is 42.5 Å². The van der Waals surface area contributed by atoms with Crippen LogP contribution in [0.1, 0.15) is 22.8 Å². The van der Waals surface area contributed by atoms with E-state index in [4.69, 9.17) is 5.11 Å². The van der Waals surface area contributed by atoms with Gasteiger partial charge in [0.2, 0.25) is 0 Å². The number of carboxylic acids is 1. The summed E-state index contributed by atoms with van der Waals surface area (Å²) in [6.45, 7) is 2.00. The SMILES string of the molecule is CCc1ccccc1-c1ccc(C(=O)O)cc1F. The van der Waals surface area contributed by atoms with Gasteiger partial charge < -0.3 is 5.11 Å². The summed E-state index contributed by atoms with van der Waals surface area (Å²) >= 11 is 0. The highest BCUT2D eigenvalue weighted by Gasteiger charge is 2.11. The van der Waals surface area contributed by atoms with Gasteiger partial charge in [0, 0.05) is 5.56 Å². The van der Waals surface area contributed by atoms with Gasteiger partial charge in [0.25, 0.3) is 0 Å². The summed E-state index contributed by atoms with van der Waals surface area (Å²) in [5.41, 5.74) is 2.26. The van der Waals surface area contributed by atoms with Crippen molar-refractivity contribution in [2.24, 2.45) is 0 Å². The van der Waals surface area contributed by atoms with E-state index in [0.29, 0.717) is 5.56 Å². The molecule has 0 fully saturated rings. The monoisotopic (exact) mass is 244 g/mol. The number of rotatable bonds is 3. The molecule has 0 spiro atoms. The van der Waals surface area contributed by atoms with E-state index in [9.17, 15) is 9.18 Å². The second-order valence-corrected chi connectivity index (χ2v) is 4.01. The highest BCUT2D eigenvalue weighted by Crippen LogP contribution is 2.27. The van der Waals surface area contributed by atoms with Crippen molar-refractivity contribution in [2.75, 3.05) is 0 Å². The summed E-state index contributed by atoms with van der Waals surface area (Å²) in [5, 5.41) is 8.80. The van der Waals surface area contributed by atoms with Crippen molar-refractivity contribution in [3.05, 3.63) is 59.4 Å². The van der Waals surface area contributed by atoms with Gasteiger partial charge in [0.1, 0.15) is 5.82 Å². The molecule has 92 valence electrons. The highest BCUT2D eigenvalue weighted by molar-refractivity contribution is 5.88. The maximum absolute atomic E-state index is 13.9. The Labute approximate surface area is 105 Å². The van der Waals surface area contributed by atoms with Crippen LogP contribution in [-0.4, -0.2) is 11.1 Å².